The summed E-state index contributed by atoms with van der Waals surface area (Å²) < 4.78 is 21.0. The minimum absolute atomic E-state index is 0.154. The molecule has 152 valence electrons. The van der Waals surface area contributed by atoms with Gasteiger partial charge in [-0.05, 0) is 18.1 Å². The molecule has 0 heterocycles. The number of ether oxygens (including phenoxy) is 1. The zero-order valence-electron chi connectivity index (χ0n) is 15.7. The van der Waals surface area contributed by atoms with Crippen molar-refractivity contribution < 1.29 is 33.2 Å². The molecule has 0 fully saturated rings. The molecule has 2 unspecified atom stereocenters. The summed E-state index contributed by atoms with van der Waals surface area (Å²) in [6.07, 6.45) is -1.01. The van der Waals surface area contributed by atoms with Crippen LogP contribution in [-0.2, 0) is 23.4 Å². The van der Waals surface area contributed by atoms with Crippen LogP contribution in [0.2, 0.25) is 0 Å². The van der Waals surface area contributed by atoms with Crippen molar-refractivity contribution >= 4 is 19.8 Å². The van der Waals surface area contributed by atoms with Crippen molar-refractivity contribution in [2.24, 2.45) is 0 Å². The number of carbonyl (C=O) groups is 2. The van der Waals surface area contributed by atoms with Gasteiger partial charge in [-0.3, -0.25) is 9.79 Å². The molecular weight excluding hydrogens is 395 g/mol. The minimum atomic E-state index is -5.08. The first kappa shape index (κ1) is 22.3. The van der Waals surface area contributed by atoms with Gasteiger partial charge >= 0.3 is 19.8 Å². The van der Waals surface area contributed by atoms with Crippen molar-refractivity contribution in [2.75, 3.05) is 0 Å². The van der Waals surface area contributed by atoms with Gasteiger partial charge in [0.15, 0.2) is 0 Å². The second-order valence-electron chi connectivity index (χ2n) is 6.30. The quantitative estimate of drug-likeness (QED) is 0.382. The number of hydrogen-bond donors (Lipinski definition) is 2. The fourth-order valence-electron chi connectivity index (χ4n) is 2.70. The van der Waals surface area contributed by atoms with E-state index in [4.69, 9.17) is 14.5 Å². The molecule has 0 saturated heterocycles. The van der Waals surface area contributed by atoms with Gasteiger partial charge in [0.1, 0.15) is 6.10 Å². The molecule has 8 heteroatoms. The van der Waals surface area contributed by atoms with Crippen LogP contribution in [0.4, 0.5) is 0 Å². The van der Waals surface area contributed by atoms with E-state index in [0.717, 1.165) is 0 Å². The lowest BCUT2D eigenvalue weighted by atomic mass is 9.83. The van der Waals surface area contributed by atoms with Crippen molar-refractivity contribution in [1.82, 2.24) is 0 Å². The first-order valence-electron chi connectivity index (χ1n) is 8.55. The highest BCUT2D eigenvalue weighted by Crippen LogP contribution is 2.43. The number of esters is 1. The second kappa shape index (κ2) is 9.47. The first-order chi connectivity index (χ1) is 13.6. The fraction of sp³-hybridized carbons (Fsp3) is 0.143. The Morgan fingerprint density at radius 2 is 1.38 bits per heavy atom. The third-order valence-electron chi connectivity index (χ3n) is 4.01. The van der Waals surface area contributed by atoms with Crippen LogP contribution >= 0.6 is 7.82 Å². The molecule has 2 rings (SSSR count). The highest BCUT2D eigenvalue weighted by molar-refractivity contribution is 7.46. The molecule has 7 nitrogen and oxygen atoms in total. The molecule has 0 saturated carbocycles. The van der Waals surface area contributed by atoms with E-state index in [2.05, 4.69) is 17.7 Å². The van der Waals surface area contributed by atoms with Gasteiger partial charge in [0.2, 0.25) is 0 Å². The summed E-state index contributed by atoms with van der Waals surface area (Å²) in [4.78, 5) is 42.6. The SMILES string of the molecule is C=C(C)C(=O)OC(c1ccccc1)C(C(=C)C(=O)OP(=O)(O)O)c1ccccc1. The van der Waals surface area contributed by atoms with Gasteiger partial charge in [-0.1, -0.05) is 73.8 Å². The van der Waals surface area contributed by atoms with E-state index in [0.29, 0.717) is 11.1 Å². The summed E-state index contributed by atoms with van der Waals surface area (Å²) >= 11 is 0. The van der Waals surface area contributed by atoms with E-state index in [1.54, 1.807) is 60.7 Å². The topological polar surface area (TPSA) is 110 Å². The Kier molecular flexibility index (Phi) is 7.29. The summed E-state index contributed by atoms with van der Waals surface area (Å²) in [5.74, 6) is -2.93. The second-order valence-corrected chi connectivity index (χ2v) is 7.46. The molecule has 0 radical (unpaired) electrons. The van der Waals surface area contributed by atoms with Gasteiger partial charge in [-0.2, -0.15) is 0 Å². The maximum Gasteiger partial charge on any atom is 0.527 e. The average Bonchev–Trinajstić information content (AvgIpc) is 2.67. The molecule has 0 spiro atoms. The zero-order chi connectivity index (χ0) is 21.6. The normalized spacial score (nSPS) is 13.1. The van der Waals surface area contributed by atoms with Gasteiger partial charge in [-0.25, -0.2) is 14.2 Å². The Hall–Kier alpha value is -2.99. The van der Waals surface area contributed by atoms with E-state index in [9.17, 15) is 14.2 Å². The lowest BCUT2D eigenvalue weighted by molar-refractivity contribution is -0.146. The summed E-state index contributed by atoms with van der Waals surface area (Å²) in [5, 5.41) is 0. The number of phosphoric acid groups is 1. The maximum absolute atomic E-state index is 12.4. The van der Waals surface area contributed by atoms with Crippen LogP contribution < -0.4 is 0 Å². The van der Waals surface area contributed by atoms with Crippen molar-refractivity contribution in [1.29, 1.82) is 0 Å². The Morgan fingerprint density at radius 1 is 0.897 bits per heavy atom. The molecule has 0 aliphatic carbocycles. The third-order valence-corrected chi connectivity index (χ3v) is 4.42. The van der Waals surface area contributed by atoms with Crippen LogP contribution in [-0.4, -0.2) is 21.7 Å². The Balaban J connectivity index is 2.56. The number of carbonyl (C=O) groups excluding carboxylic acids is 2. The maximum atomic E-state index is 12.4. The highest BCUT2D eigenvalue weighted by Gasteiger charge is 2.36. The van der Waals surface area contributed by atoms with Crippen LogP contribution in [0.5, 0.6) is 0 Å². The zero-order valence-corrected chi connectivity index (χ0v) is 16.6. The molecular formula is C21H21O7P. The van der Waals surface area contributed by atoms with E-state index in [1.807, 2.05) is 0 Å². The molecule has 29 heavy (non-hydrogen) atoms. The third kappa shape index (κ3) is 6.26. The van der Waals surface area contributed by atoms with Gasteiger partial charge in [0, 0.05) is 11.1 Å². The lowest BCUT2D eigenvalue weighted by Gasteiger charge is -2.29. The molecule has 0 aromatic heterocycles. The van der Waals surface area contributed by atoms with Gasteiger partial charge in [-0.15, -0.1) is 0 Å². The van der Waals surface area contributed by atoms with E-state index in [-0.39, 0.29) is 11.1 Å². The predicted molar refractivity (Wildman–Crippen MR) is 107 cm³/mol. The van der Waals surface area contributed by atoms with E-state index in [1.165, 1.54) is 6.92 Å². The molecule has 0 bridgehead atoms. The monoisotopic (exact) mass is 416 g/mol. The summed E-state index contributed by atoms with van der Waals surface area (Å²) in [7, 11) is -5.08. The Bertz CT molecular complexity index is 948. The Labute approximate surface area is 168 Å². The van der Waals surface area contributed by atoms with Crippen molar-refractivity contribution in [2.45, 2.75) is 18.9 Å². The molecule has 2 aromatic carbocycles. The number of phosphoric ester groups is 1. The first-order valence-corrected chi connectivity index (χ1v) is 10.1. The van der Waals surface area contributed by atoms with Crippen molar-refractivity contribution in [3.63, 3.8) is 0 Å². The van der Waals surface area contributed by atoms with Crippen LogP contribution in [0, 0.1) is 0 Å². The standard InChI is InChI=1S/C21H21O7P/c1-14(2)20(22)27-19(17-12-8-5-9-13-17)18(16-10-6-4-7-11-16)15(3)21(23)28-29(24,25)26/h4-13,18-19H,1,3H2,2H3,(H2,24,25,26). The largest absolute Gasteiger partial charge is 0.527 e. The summed E-state index contributed by atoms with van der Waals surface area (Å²) in [6, 6.07) is 17.2. The smallest absolute Gasteiger partial charge is 0.453 e. The van der Waals surface area contributed by atoms with Crippen molar-refractivity contribution in [3.8, 4) is 0 Å². The molecule has 0 amide bonds. The van der Waals surface area contributed by atoms with Crippen LogP contribution in [0.1, 0.15) is 30.1 Å². The fourth-order valence-corrected chi connectivity index (χ4v) is 3.03. The number of rotatable bonds is 8. The van der Waals surface area contributed by atoms with Gasteiger partial charge in [0.05, 0.1) is 5.92 Å². The lowest BCUT2D eigenvalue weighted by Crippen LogP contribution is -2.24. The molecule has 0 aliphatic rings. The number of benzene rings is 2. The van der Waals surface area contributed by atoms with Gasteiger partial charge in [0.25, 0.3) is 0 Å². The van der Waals surface area contributed by atoms with E-state index < -0.39 is 31.8 Å². The molecule has 2 aromatic rings. The van der Waals surface area contributed by atoms with Crippen LogP contribution in [0.25, 0.3) is 0 Å². The average molecular weight is 416 g/mol. The highest BCUT2D eigenvalue weighted by atomic mass is 31.2. The van der Waals surface area contributed by atoms with Crippen LogP contribution in [0.15, 0.2) is 85.0 Å². The molecule has 0 aliphatic heterocycles. The summed E-state index contributed by atoms with van der Waals surface area (Å²) in [6.45, 7) is 8.74. The molecule has 2 N–H and O–H groups in total. The predicted octanol–water partition coefficient (Wildman–Crippen LogP) is 3.82. The summed E-state index contributed by atoms with van der Waals surface area (Å²) in [5.41, 5.74) is 0.980. The van der Waals surface area contributed by atoms with Crippen molar-refractivity contribution in [3.05, 3.63) is 96.1 Å². The van der Waals surface area contributed by atoms with E-state index >= 15 is 0 Å². The molecule has 2 atom stereocenters. The Morgan fingerprint density at radius 3 is 1.83 bits per heavy atom. The van der Waals surface area contributed by atoms with Crippen LogP contribution in [0.3, 0.4) is 0 Å². The minimum Gasteiger partial charge on any atom is -0.453 e. The number of hydrogen-bond acceptors (Lipinski definition) is 5. The van der Waals surface area contributed by atoms with Gasteiger partial charge < -0.3 is 9.26 Å².